The van der Waals surface area contributed by atoms with Crippen LogP contribution >= 0.6 is 45.3 Å². The van der Waals surface area contributed by atoms with Crippen molar-refractivity contribution in [3.63, 3.8) is 0 Å². The van der Waals surface area contributed by atoms with E-state index in [1.807, 2.05) is 0 Å². The zero-order valence-electron chi connectivity index (χ0n) is 17.5. The topological polar surface area (TPSA) is 51.6 Å². The summed E-state index contributed by atoms with van der Waals surface area (Å²) in [4.78, 5) is 4.42. The molecular weight excluding hydrogens is 497 g/mol. The molecule has 162 valence electrons. The lowest BCUT2D eigenvalue weighted by atomic mass is 9.98. The maximum atomic E-state index is 4.71. The fraction of sp³-hybridized carbons (Fsp3) is 0. The summed E-state index contributed by atoms with van der Waals surface area (Å²) >= 11 is 6.71. The number of hydrogen-bond acceptors (Lipinski definition) is 8. The zero-order chi connectivity index (χ0) is 22.5. The van der Waals surface area contributed by atoms with Crippen molar-refractivity contribution in [1.29, 1.82) is 0 Å². The maximum Gasteiger partial charge on any atom is 0.111 e. The predicted molar refractivity (Wildman–Crippen MR) is 146 cm³/mol. The van der Waals surface area contributed by atoms with Crippen LogP contribution in [-0.2, 0) is 0 Å². The second kappa shape index (κ2) is 8.18. The number of thiophene rings is 4. The van der Waals surface area contributed by atoms with Gasteiger partial charge >= 0.3 is 0 Å². The van der Waals surface area contributed by atoms with Gasteiger partial charge < -0.3 is 0 Å². The molecule has 7 aromatic rings. The van der Waals surface area contributed by atoms with E-state index < -0.39 is 0 Å². The van der Waals surface area contributed by atoms with Crippen LogP contribution in [0.2, 0.25) is 0 Å². The summed E-state index contributed by atoms with van der Waals surface area (Å²) in [5.74, 6) is 0. The van der Waals surface area contributed by atoms with E-state index in [1.165, 1.54) is 0 Å². The van der Waals surface area contributed by atoms with Crippen LogP contribution in [0.4, 0.5) is 0 Å². The minimum absolute atomic E-state index is 0.902. The Labute approximate surface area is 210 Å². The molecular formula is C26H14N4S4. The summed E-state index contributed by atoms with van der Waals surface area (Å²) in [5, 5.41) is 31.5. The van der Waals surface area contributed by atoms with Crippen molar-refractivity contribution in [2.75, 3.05) is 0 Å². The third kappa shape index (κ3) is 3.22. The average Bonchev–Trinajstić information content (AvgIpc) is 3.70. The van der Waals surface area contributed by atoms with E-state index in [0.29, 0.717) is 0 Å². The molecule has 0 aliphatic heterocycles. The second-order valence-corrected chi connectivity index (χ2v) is 11.4. The van der Waals surface area contributed by atoms with Gasteiger partial charge in [0.2, 0.25) is 0 Å². The Morgan fingerprint density at radius 1 is 0.382 bits per heavy atom. The maximum absolute atomic E-state index is 4.71. The third-order valence-electron chi connectivity index (χ3n) is 5.70. The second-order valence-electron chi connectivity index (χ2n) is 7.65. The van der Waals surface area contributed by atoms with E-state index in [2.05, 4.69) is 82.2 Å². The van der Waals surface area contributed by atoms with Crippen molar-refractivity contribution >= 4 is 66.9 Å². The molecule has 1 aromatic carbocycles. The highest BCUT2D eigenvalue weighted by Crippen LogP contribution is 2.42. The Hall–Kier alpha value is -3.30. The Morgan fingerprint density at radius 2 is 0.647 bits per heavy atom. The van der Waals surface area contributed by atoms with Crippen LogP contribution in [0.25, 0.3) is 63.8 Å². The molecule has 0 aliphatic rings. The van der Waals surface area contributed by atoms with Gasteiger partial charge in [0.1, 0.15) is 22.8 Å². The van der Waals surface area contributed by atoms with Gasteiger partial charge in [0.15, 0.2) is 0 Å². The molecule has 0 radical (unpaired) electrons. The lowest BCUT2D eigenvalue weighted by molar-refractivity contribution is 1.06. The summed E-state index contributed by atoms with van der Waals surface area (Å²) in [5.41, 5.74) is 3.61. The van der Waals surface area contributed by atoms with Gasteiger partial charge in [0.05, 0.1) is 19.5 Å². The van der Waals surface area contributed by atoms with Crippen LogP contribution in [0.15, 0.2) is 82.2 Å². The molecule has 0 saturated heterocycles. The predicted octanol–water partition coefficient (Wildman–Crippen LogP) is 8.49. The minimum Gasteiger partial charge on any atom is -0.148 e. The molecule has 0 aliphatic carbocycles. The normalized spacial score (nSPS) is 11.5. The highest BCUT2D eigenvalue weighted by Gasteiger charge is 2.20. The number of hydrogen-bond donors (Lipinski definition) is 0. The van der Waals surface area contributed by atoms with Crippen molar-refractivity contribution in [2.24, 2.45) is 0 Å². The van der Waals surface area contributed by atoms with E-state index in [0.717, 1.165) is 63.8 Å². The van der Waals surface area contributed by atoms with E-state index >= 15 is 0 Å². The van der Waals surface area contributed by atoms with Crippen LogP contribution in [0.3, 0.4) is 0 Å². The van der Waals surface area contributed by atoms with Crippen LogP contribution in [0.1, 0.15) is 0 Å². The zero-order valence-corrected chi connectivity index (χ0v) is 20.8. The minimum atomic E-state index is 0.902. The van der Waals surface area contributed by atoms with Crippen molar-refractivity contribution in [3.05, 3.63) is 82.2 Å². The van der Waals surface area contributed by atoms with Crippen LogP contribution < -0.4 is 0 Å². The van der Waals surface area contributed by atoms with Crippen molar-refractivity contribution in [3.8, 4) is 42.3 Å². The first-order chi connectivity index (χ1) is 16.9. The number of benzene rings is 1. The summed E-state index contributed by atoms with van der Waals surface area (Å²) in [7, 11) is 0. The molecule has 0 spiro atoms. The van der Waals surface area contributed by atoms with Gasteiger partial charge in [0, 0.05) is 21.5 Å². The largest absolute Gasteiger partial charge is 0.148 e. The lowest BCUT2D eigenvalue weighted by Gasteiger charge is -2.13. The van der Waals surface area contributed by atoms with E-state index in [9.17, 15) is 0 Å². The molecule has 0 atom stereocenters. The standard InChI is InChI=1S/C26H14N4S4/c1-5-19(31-9-1)23-15-13-17-18(14-16(15)24(28-27-23)20-6-2-10-32-20)26(22-8-4-12-34-22)30-29-25(17)21-7-3-11-33-21/h1-14H. The molecule has 6 heterocycles. The molecule has 4 nitrogen and oxygen atoms in total. The average molecular weight is 511 g/mol. The van der Waals surface area contributed by atoms with E-state index in [4.69, 9.17) is 20.4 Å². The van der Waals surface area contributed by atoms with Crippen molar-refractivity contribution in [2.45, 2.75) is 0 Å². The molecule has 0 fully saturated rings. The van der Waals surface area contributed by atoms with E-state index in [1.54, 1.807) is 45.3 Å². The fourth-order valence-corrected chi connectivity index (χ4v) is 7.07. The molecule has 0 bridgehead atoms. The number of rotatable bonds is 4. The molecule has 0 saturated carbocycles. The first-order valence-corrected chi connectivity index (χ1v) is 14.0. The van der Waals surface area contributed by atoms with Crippen LogP contribution in [0.5, 0.6) is 0 Å². The van der Waals surface area contributed by atoms with Gasteiger partial charge in [-0.05, 0) is 57.9 Å². The van der Waals surface area contributed by atoms with Gasteiger partial charge in [0.25, 0.3) is 0 Å². The summed E-state index contributed by atoms with van der Waals surface area (Å²) in [6.07, 6.45) is 0. The monoisotopic (exact) mass is 510 g/mol. The summed E-state index contributed by atoms with van der Waals surface area (Å²) in [6, 6.07) is 21.1. The first kappa shape index (κ1) is 20.1. The molecule has 7 rings (SSSR count). The van der Waals surface area contributed by atoms with Crippen LogP contribution in [0, 0.1) is 0 Å². The molecule has 0 unspecified atom stereocenters. The third-order valence-corrected chi connectivity index (χ3v) is 9.20. The molecule has 8 heteroatoms. The number of aromatic nitrogens is 4. The SMILES string of the molecule is c1csc(-c2nnc(-c3cccs3)c3cc4c(-c5cccs5)nnc(-c5cccs5)c4cc23)c1. The molecule has 34 heavy (non-hydrogen) atoms. The number of nitrogens with zero attached hydrogens (tertiary/aromatic N) is 4. The quantitative estimate of drug-likeness (QED) is 0.223. The molecule has 6 aromatic heterocycles. The van der Waals surface area contributed by atoms with E-state index in [-0.39, 0.29) is 0 Å². The van der Waals surface area contributed by atoms with Gasteiger partial charge in [-0.2, -0.15) is 0 Å². The fourth-order valence-electron chi connectivity index (χ4n) is 4.18. The van der Waals surface area contributed by atoms with Gasteiger partial charge in [-0.1, -0.05) is 24.3 Å². The number of fused-ring (bicyclic) bond motifs is 2. The summed E-state index contributed by atoms with van der Waals surface area (Å²) < 4.78 is 0. The Morgan fingerprint density at radius 3 is 0.853 bits per heavy atom. The van der Waals surface area contributed by atoms with Gasteiger partial charge in [-0.15, -0.1) is 65.7 Å². The van der Waals surface area contributed by atoms with Gasteiger partial charge in [-0.25, -0.2) is 0 Å². The Balaban J connectivity index is 1.65. The lowest BCUT2D eigenvalue weighted by Crippen LogP contribution is -1.97. The summed E-state index contributed by atoms with van der Waals surface area (Å²) in [6.45, 7) is 0. The van der Waals surface area contributed by atoms with Gasteiger partial charge in [-0.3, -0.25) is 0 Å². The molecule has 0 N–H and O–H groups in total. The highest BCUT2D eigenvalue weighted by atomic mass is 32.1. The Kier molecular flexibility index (Phi) is 4.83. The smallest absolute Gasteiger partial charge is 0.111 e. The first-order valence-electron chi connectivity index (χ1n) is 10.5. The molecule has 0 amide bonds. The Bertz CT molecular complexity index is 1480. The van der Waals surface area contributed by atoms with Crippen molar-refractivity contribution < 1.29 is 0 Å². The highest BCUT2D eigenvalue weighted by molar-refractivity contribution is 7.14. The van der Waals surface area contributed by atoms with Crippen molar-refractivity contribution in [1.82, 2.24) is 20.4 Å². The van der Waals surface area contributed by atoms with Crippen LogP contribution in [-0.4, -0.2) is 20.4 Å².